The van der Waals surface area contributed by atoms with Gasteiger partial charge in [-0.1, -0.05) is 44.2 Å². The highest BCUT2D eigenvalue weighted by atomic mass is 16.5. The molecule has 0 spiro atoms. The molecule has 0 aromatic heterocycles. The van der Waals surface area contributed by atoms with Crippen LogP contribution in [0.15, 0.2) is 30.3 Å². The summed E-state index contributed by atoms with van der Waals surface area (Å²) < 4.78 is 6.11. The summed E-state index contributed by atoms with van der Waals surface area (Å²) in [6, 6.07) is 10.2. The predicted molar refractivity (Wildman–Crippen MR) is 67.8 cm³/mol. The Hall–Kier alpha value is -1.15. The van der Waals surface area contributed by atoms with Gasteiger partial charge >= 0.3 is 0 Å². The van der Waals surface area contributed by atoms with E-state index in [1.54, 1.807) is 0 Å². The predicted octanol–water partition coefficient (Wildman–Crippen LogP) is 3.52. The van der Waals surface area contributed by atoms with Gasteiger partial charge in [-0.25, -0.2) is 0 Å². The lowest BCUT2D eigenvalue weighted by Crippen LogP contribution is -2.22. The van der Waals surface area contributed by atoms with Crippen LogP contribution in [0, 0.1) is 5.92 Å². The molecule has 1 fully saturated rings. The first-order valence-electron chi connectivity index (χ1n) is 6.39. The van der Waals surface area contributed by atoms with E-state index in [4.69, 9.17) is 4.74 Å². The van der Waals surface area contributed by atoms with Crippen LogP contribution in [0.1, 0.15) is 44.8 Å². The average molecular weight is 232 g/mol. The third-order valence-electron chi connectivity index (χ3n) is 3.37. The first-order valence-corrected chi connectivity index (χ1v) is 6.39. The normalized spacial score (nSPS) is 25.9. The fourth-order valence-electron chi connectivity index (χ4n) is 2.25. The lowest BCUT2D eigenvalue weighted by atomic mass is 10.0. The van der Waals surface area contributed by atoms with Crippen molar-refractivity contribution in [2.24, 2.45) is 5.92 Å². The maximum absolute atomic E-state index is 11.7. The second-order valence-corrected chi connectivity index (χ2v) is 5.10. The Morgan fingerprint density at radius 2 is 1.94 bits per heavy atom. The van der Waals surface area contributed by atoms with Crippen molar-refractivity contribution in [3.05, 3.63) is 35.9 Å². The molecule has 2 heteroatoms. The second-order valence-electron chi connectivity index (χ2n) is 5.10. The van der Waals surface area contributed by atoms with E-state index in [0.29, 0.717) is 24.5 Å². The molecule has 2 nitrogen and oxygen atoms in total. The Morgan fingerprint density at radius 1 is 1.24 bits per heavy atom. The molecule has 0 radical (unpaired) electrons. The Morgan fingerprint density at radius 3 is 2.59 bits per heavy atom. The number of carbonyl (C=O) groups excluding carboxylic acids is 1. The number of Topliss-reactive ketones (excluding diaryl/α,β-unsaturated/α-hetero) is 1. The number of rotatable bonds is 2. The van der Waals surface area contributed by atoms with Crippen molar-refractivity contribution in [3.63, 3.8) is 0 Å². The zero-order valence-corrected chi connectivity index (χ0v) is 10.6. The van der Waals surface area contributed by atoms with Crippen LogP contribution in [0.2, 0.25) is 0 Å². The topological polar surface area (TPSA) is 26.3 Å². The molecule has 0 aliphatic carbocycles. The average Bonchev–Trinajstić information content (AvgIpc) is 2.52. The van der Waals surface area contributed by atoms with E-state index in [2.05, 4.69) is 26.0 Å². The van der Waals surface area contributed by atoms with Crippen LogP contribution < -0.4 is 0 Å². The Balaban J connectivity index is 2.15. The van der Waals surface area contributed by atoms with E-state index < -0.39 is 0 Å². The number of carbonyl (C=O) groups is 1. The molecule has 0 bridgehead atoms. The summed E-state index contributed by atoms with van der Waals surface area (Å²) in [7, 11) is 0. The highest BCUT2D eigenvalue weighted by Gasteiger charge is 2.27. The van der Waals surface area contributed by atoms with Gasteiger partial charge in [0.2, 0.25) is 0 Å². The van der Waals surface area contributed by atoms with Gasteiger partial charge in [0.25, 0.3) is 0 Å². The van der Waals surface area contributed by atoms with Gasteiger partial charge in [0.15, 0.2) is 0 Å². The van der Waals surface area contributed by atoms with Crippen molar-refractivity contribution >= 4 is 5.78 Å². The third-order valence-corrected chi connectivity index (χ3v) is 3.37. The number of benzene rings is 1. The summed E-state index contributed by atoms with van der Waals surface area (Å²) >= 11 is 0. The molecular formula is C15H20O2. The number of ketones is 1. The van der Waals surface area contributed by atoms with E-state index >= 15 is 0 Å². The zero-order chi connectivity index (χ0) is 12.3. The maximum Gasteiger partial charge on any atom is 0.135 e. The van der Waals surface area contributed by atoms with Gasteiger partial charge < -0.3 is 4.74 Å². The smallest absolute Gasteiger partial charge is 0.135 e. The summed E-state index contributed by atoms with van der Waals surface area (Å²) in [5.74, 6) is 0.727. The van der Waals surface area contributed by atoms with Gasteiger partial charge in [0.1, 0.15) is 5.78 Å². The number of hydrogen-bond acceptors (Lipinski definition) is 2. The van der Waals surface area contributed by atoms with E-state index in [0.717, 1.165) is 6.42 Å². The molecule has 1 aromatic carbocycles. The van der Waals surface area contributed by atoms with Crippen LogP contribution >= 0.6 is 0 Å². The molecule has 92 valence electrons. The minimum absolute atomic E-state index is 0.0650. The van der Waals surface area contributed by atoms with E-state index in [1.165, 1.54) is 5.56 Å². The summed E-state index contributed by atoms with van der Waals surface area (Å²) in [5, 5.41) is 0. The summed E-state index contributed by atoms with van der Waals surface area (Å²) in [4.78, 5) is 11.7. The highest BCUT2D eigenvalue weighted by molar-refractivity contribution is 5.79. The molecule has 0 N–H and O–H groups in total. The molecule has 0 amide bonds. The molecule has 1 saturated heterocycles. The Bertz CT molecular complexity index is 370. The highest BCUT2D eigenvalue weighted by Crippen LogP contribution is 2.31. The van der Waals surface area contributed by atoms with E-state index in [9.17, 15) is 4.79 Å². The van der Waals surface area contributed by atoms with Crippen molar-refractivity contribution in [1.82, 2.24) is 0 Å². The third kappa shape index (κ3) is 3.16. The van der Waals surface area contributed by atoms with Crippen LogP contribution in [0.5, 0.6) is 0 Å². The number of hydrogen-bond donors (Lipinski definition) is 0. The molecule has 1 heterocycles. The van der Waals surface area contributed by atoms with Crippen molar-refractivity contribution in [1.29, 1.82) is 0 Å². The van der Waals surface area contributed by atoms with E-state index in [1.807, 2.05) is 18.2 Å². The molecule has 0 unspecified atom stereocenters. The molecule has 2 atom stereocenters. The number of ether oxygens (including phenoxy) is 1. The van der Waals surface area contributed by atoms with Crippen LogP contribution in [-0.2, 0) is 9.53 Å². The maximum atomic E-state index is 11.7. The second kappa shape index (κ2) is 5.46. The molecule has 17 heavy (non-hydrogen) atoms. The fraction of sp³-hybridized carbons (Fsp3) is 0.533. The monoisotopic (exact) mass is 232 g/mol. The molecule has 1 aliphatic rings. The van der Waals surface area contributed by atoms with Crippen molar-refractivity contribution in [2.75, 3.05) is 0 Å². The van der Waals surface area contributed by atoms with Crippen molar-refractivity contribution < 1.29 is 9.53 Å². The fourth-order valence-corrected chi connectivity index (χ4v) is 2.25. The largest absolute Gasteiger partial charge is 0.370 e. The summed E-state index contributed by atoms with van der Waals surface area (Å²) in [5.41, 5.74) is 1.19. The molecule has 1 aliphatic heterocycles. The first kappa shape index (κ1) is 12.3. The van der Waals surface area contributed by atoms with Gasteiger partial charge in [-0.3, -0.25) is 4.79 Å². The van der Waals surface area contributed by atoms with Gasteiger partial charge in [0, 0.05) is 12.8 Å². The van der Waals surface area contributed by atoms with E-state index in [-0.39, 0.29) is 12.2 Å². The Labute approximate surface area is 103 Å². The summed E-state index contributed by atoms with van der Waals surface area (Å²) in [6.07, 6.45) is 2.17. The minimum atomic E-state index is 0.0650. The van der Waals surface area contributed by atoms with Gasteiger partial charge in [-0.2, -0.15) is 0 Å². The molecule has 1 aromatic rings. The minimum Gasteiger partial charge on any atom is -0.370 e. The zero-order valence-electron chi connectivity index (χ0n) is 10.6. The van der Waals surface area contributed by atoms with Gasteiger partial charge in [0.05, 0.1) is 12.2 Å². The van der Waals surface area contributed by atoms with Crippen molar-refractivity contribution in [3.8, 4) is 0 Å². The van der Waals surface area contributed by atoms with Crippen LogP contribution in [0.25, 0.3) is 0 Å². The van der Waals surface area contributed by atoms with Gasteiger partial charge in [-0.15, -0.1) is 0 Å². The lowest BCUT2D eigenvalue weighted by molar-refractivity contribution is -0.121. The quantitative estimate of drug-likeness (QED) is 0.779. The van der Waals surface area contributed by atoms with Crippen LogP contribution in [0.4, 0.5) is 0 Å². The van der Waals surface area contributed by atoms with Gasteiger partial charge in [-0.05, 0) is 17.9 Å². The molecule has 2 rings (SSSR count). The standard InChI is InChI=1S/C15H20O2/c1-11(2)15-10-13(16)8-9-14(17-15)12-6-4-3-5-7-12/h3-7,11,14-15H,8-10H2,1-2H3/t14-,15+/m0/s1. The van der Waals surface area contributed by atoms with Crippen molar-refractivity contribution in [2.45, 2.75) is 45.3 Å². The Kier molecular flexibility index (Phi) is 3.95. The first-order chi connectivity index (χ1) is 8.16. The van der Waals surface area contributed by atoms with Crippen LogP contribution in [0.3, 0.4) is 0 Å². The SMILES string of the molecule is CC(C)[C@H]1CC(=O)CC[C@@H](c2ccccc2)O1. The molecule has 0 saturated carbocycles. The molecular weight excluding hydrogens is 212 g/mol. The summed E-state index contributed by atoms with van der Waals surface area (Å²) in [6.45, 7) is 4.23. The van der Waals surface area contributed by atoms with Crippen LogP contribution in [-0.4, -0.2) is 11.9 Å². The lowest BCUT2D eigenvalue weighted by Gasteiger charge is -2.24.